The van der Waals surface area contributed by atoms with E-state index in [9.17, 15) is 4.79 Å². The van der Waals surface area contributed by atoms with Gasteiger partial charge in [0, 0.05) is 24.0 Å². The van der Waals surface area contributed by atoms with Crippen LogP contribution in [0.5, 0.6) is 0 Å². The first kappa shape index (κ1) is 13.5. The summed E-state index contributed by atoms with van der Waals surface area (Å²) in [6.45, 7) is 3.26. The quantitative estimate of drug-likeness (QED) is 0.770. The summed E-state index contributed by atoms with van der Waals surface area (Å²) in [6.07, 6.45) is 2.70. The number of carbonyl (C=O) groups is 1. The monoisotopic (exact) mass is 257 g/mol. The highest BCUT2D eigenvalue weighted by Crippen LogP contribution is 2.15. The summed E-state index contributed by atoms with van der Waals surface area (Å²) < 4.78 is 0. The molecule has 0 saturated carbocycles. The fraction of sp³-hybridized carbons (Fsp3) is 0.333. The van der Waals surface area contributed by atoms with Gasteiger partial charge in [-0.2, -0.15) is 0 Å². The van der Waals surface area contributed by atoms with Crippen molar-refractivity contribution in [2.24, 2.45) is 11.7 Å². The number of nitrogens with zero attached hydrogens (tertiary/aromatic N) is 1. The van der Waals surface area contributed by atoms with Crippen molar-refractivity contribution in [1.29, 1.82) is 0 Å². The average molecular weight is 257 g/mol. The zero-order chi connectivity index (χ0) is 13.7. The minimum Gasteiger partial charge on any atom is -0.369 e. The Morgan fingerprint density at radius 1 is 1.37 bits per heavy atom. The Balaban J connectivity index is 1.93. The maximum absolute atomic E-state index is 10.9. The molecule has 2 rings (SSSR count). The van der Waals surface area contributed by atoms with E-state index in [-0.39, 0.29) is 11.8 Å². The van der Waals surface area contributed by atoms with Gasteiger partial charge in [0.05, 0.1) is 5.52 Å². The van der Waals surface area contributed by atoms with Crippen LogP contribution >= 0.6 is 0 Å². The Bertz CT molecular complexity index is 563. The molecule has 0 radical (unpaired) electrons. The van der Waals surface area contributed by atoms with Gasteiger partial charge in [-0.15, -0.1) is 0 Å². The van der Waals surface area contributed by atoms with E-state index >= 15 is 0 Å². The van der Waals surface area contributed by atoms with Crippen LogP contribution in [0.25, 0.3) is 10.9 Å². The van der Waals surface area contributed by atoms with Gasteiger partial charge < -0.3 is 11.1 Å². The predicted octanol–water partition coefficient (Wildman–Crippen LogP) is 1.49. The lowest BCUT2D eigenvalue weighted by atomic mass is 10.1. The summed E-state index contributed by atoms with van der Waals surface area (Å²) in [5, 5.41) is 4.41. The smallest absolute Gasteiger partial charge is 0.221 e. The number of rotatable bonds is 6. The second-order valence-electron chi connectivity index (χ2n) is 4.75. The van der Waals surface area contributed by atoms with Crippen molar-refractivity contribution in [1.82, 2.24) is 10.3 Å². The number of hydrogen-bond acceptors (Lipinski definition) is 3. The van der Waals surface area contributed by atoms with Crippen molar-refractivity contribution in [2.75, 3.05) is 13.1 Å². The van der Waals surface area contributed by atoms with E-state index in [0.717, 1.165) is 23.9 Å². The summed E-state index contributed by atoms with van der Waals surface area (Å²) in [6, 6.07) is 10.2. The largest absolute Gasteiger partial charge is 0.369 e. The molecular formula is C15H19N3O. The van der Waals surface area contributed by atoms with Gasteiger partial charge in [-0.05, 0) is 24.6 Å². The number of primary amides is 1. The fourth-order valence-electron chi connectivity index (χ4n) is 2.01. The van der Waals surface area contributed by atoms with Gasteiger partial charge in [-0.3, -0.25) is 9.78 Å². The van der Waals surface area contributed by atoms with Crippen molar-refractivity contribution in [3.63, 3.8) is 0 Å². The molecule has 0 saturated heterocycles. The van der Waals surface area contributed by atoms with E-state index in [1.54, 1.807) is 0 Å². The molecule has 1 aromatic carbocycles. The van der Waals surface area contributed by atoms with Crippen molar-refractivity contribution in [3.8, 4) is 0 Å². The van der Waals surface area contributed by atoms with Crippen molar-refractivity contribution < 1.29 is 4.79 Å². The van der Waals surface area contributed by atoms with E-state index in [1.165, 1.54) is 5.56 Å². The number of hydrogen-bond donors (Lipinski definition) is 2. The molecule has 2 aromatic rings. The lowest BCUT2D eigenvalue weighted by Gasteiger charge is -2.10. The highest BCUT2D eigenvalue weighted by atomic mass is 16.1. The predicted molar refractivity (Wildman–Crippen MR) is 76.7 cm³/mol. The number of carbonyl (C=O) groups excluding carboxylic acids is 1. The molecule has 4 nitrogen and oxygen atoms in total. The second kappa shape index (κ2) is 6.29. The van der Waals surface area contributed by atoms with Gasteiger partial charge >= 0.3 is 0 Å². The zero-order valence-corrected chi connectivity index (χ0v) is 11.1. The average Bonchev–Trinajstić information content (AvgIpc) is 2.43. The van der Waals surface area contributed by atoms with Crippen molar-refractivity contribution in [3.05, 3.63) is 42.1 Å². The van der Waals surface area contributed by atoms with E-state index in [2.05, 4.69) is 28.5 Å². The minimum atomic E-state index is -0.265. The number of pyridine rings is 1. The molecule has 1 atom stereocenters. The number of amides is 1. The first-order valence-corrected chi connectivity index (χ1v) is 6.51. The topological polar surface area (TPSA) is 68.0 Å². The third-order valence-corrected chi connectivity index (χ3v) is 3.22. The van der Waals surface area contributed by atoms with E-state index in [4.69, 9.17) is 5.73 Å². The molecule has 0 spiro atoms. The lowest BCUT2D eigenvalue weighted by molar-refractivity contribution is -0.121. The Hall–Kier alpha value is -1.94. The number of nitrogens with one attached hydrogen (secondary N) is 1. The normalized spacial score (nSPS) is 12.5. The first-order chi connectivity index (χ1) is 9.18. The molecule has 1 heterocycles. The Morgan fingerprint density at radius 3 is 2.95 bits per heavy atom. The minimum absolute atomic E-state index is 0.134. The van der Waals surface area contributed by atoms with Crippen LogP contribution in [0, 0.1) is 5.92 Å². The highest BCUT2D eigenvalue weighted by molar-refractivity contribution is 5.81. The first-order valence-electron chi connectivity index (χ1n) is 6.51. The SMILES string of the molecule is CC(CNCCc1cccc2cccnc12)C(N)=O. The zero-order valence-electron chi connectivity index (χ0n) is 11.1. The standard InChI is InChI=1S/C15H19N3O/c1-11(15(16)19)10-17-9-7-13-5-2-4-12-6-3-8-18-14(12)13/h2-6,8,11,17H,7,9-10H2,1H3,(H2,16,19). The van der Waals surface area contributed by atoms with Crippen LogP contribution < -0.4 is 11.1 Å². The Kier molecular flexibility index (Phi) is 4.47. The number of fused-ring (bicyclic) bond motifs is 1. The van der Waals surface area contributed by atoms with Crippen LogP contribution in [-0.4, -0.2) is 24.0 Å². The number of benzene rings is 1. The summed E-state index contributed by atoms with van der Waals surface area (Å²) in [7, 11) is 0. The molecule has 0 aliphatic rings. The molecule has 0 aliphatic heterocycles. The fourth-order valence-corrected chi connectivity index (χ4v) is 2.01. The molecule has 19 heavy (non-hydrogen) atoms. The van der Waals surface area contributed by atoms with Crippen LogP contribution in [0.1, 0.15) is 12.5 Å². The summed E-state index contributed by atoms with van der Waals surface area (Å²) in [4.78, 5) is 15.3. The van der Waals surface area contributed by atoms with Crippen molar-refractivity contribution >= 4 is 16.8 Å². The van der Waals surface area contributed by atoms with Gasteiger partial charge in [-0.1, -0.05) is 31.2 Å². The third-order valence-electron chi connectivity index (χ3n) is 3.22. The van der Waals surface area contributed by atoms with Crippen LogP contribution in [0.4, 0.5) is 0 Å². The Labute approximate surface area is 113 Å². The number of para-hydroxylation sites is 1. The molecule has 1 amide bonds. The summed E-state index contributed by atoms with van der Waals surface area (Å²) >= 11 is 0. The van der Waals surface area contributed by atoms with Gasteiger partial charge in [0.2, 0.25) is 5.91 Å². The molecule has 4 heteroatoms. The van der Waals surface area contributed by atoms with Crippen LogP contribution in [0.2, 0.25) is 0 Å². The van der Waals surface area contributed by atoms with E-state index < -0.39 is 0 Å². The maximum atomic E-state index is 10.9. The Morgan fingerprint density at radius 2 is 2.16 bits per heavy atom. The van der Waals surface area contributed by atoms with Gasteiger partial charge in [-0.25, -0.2) is 0 Å². The summed E-state index contributed by atoms with van der Waals surface area (Å²) in [5.41, 5.74) is 7.49. The number of nitrogens with two attached hydrogens (primary N) is 1. The molecule has 0 fully saturated rings. The molecule has 0 bridgehead atoms. The van der Waals surface area contributed by atoms with E-state index in [1.807, 2.05) is 25.3 Å². The number of aromatic nitrogens is 1. The summed E-state index contributed by atoms with van der Waals surface area (Å²) in [5.74, 6) is -0.398. The van der Waals surface area contributed by atoms with Gasteiger partial charge in [0.1, 0.15) is 0 Å². The molecule has 3 N–H and O–H groups in total. The maximum Gasteiger partial charge on any atom is 0.221 e. The second-order valence-corrected chi connectivity index (χ2v) is 4.75. The lowest BCUT2D eigenvalue weighted by Crippen LogP contribution is -2.31. The van der Waals surface area contributed by atoms with E-state index in [0.29, 0.717) is 6.54 Å². The molecular weight excluding hydrogens is 238 g/mol. The third kappa shape index (κ3) is 3.51. The molecule has 1 aromatic heterocycles. The molecule has 1 unspecified atom stereocenters. The van der Waals surface area contributed by atoms with Crippen molar-refractivity contribution in [2.45, 2.75) is 13.3 Å². The highest BCUT2D eigenvalue weighted by Gasteiger charge is 2.07. The molecule has 100 valence electrons. The van der Waals surface area contributed by atoms with Gasteiger partial charge in [0.15, 0.2) is 0 Å². The van der Waals surface area contributed by atoms with Crippen LogP contribution in [0.3, 0.4) is 0 Å². The van der Waals surface area contributed by atoms with Gasteiger partial charge in [0.25, 0.3) is 0 Å². The van der Waals surface area contributed by atoms with Crippen LogP contribution in [-0.2, 0) is 11.2 Å². The molecule has 0 aliphatic carbocycles. The van der Waals surface area contributed by atoms with Crippen LogP contribution in [0.15, 0.2) is 36.5 Å².